The number of benzene rings is 2. The van der Waals surface area contributed by atoms with E-state index in [0.29, 0.717) is 49.0 Å². The molecular formula is C41H45F6N3O4. The van der Waals surface area contributed by atoms with Crippen LogP contribution in [0, 0.1) is 55.0 Å². The molecule has 54 heavy (non-hydrogen) atoms. The van der Waals surface area contributed by atoms with Gasteiger partial charge in [0.05, 0.1) is 23.6 Å². The van der Waals surface area contributed by atoms with Gasteiger partial charge in [-0.05, 0) is 124 Å². The first-order valence-electron chi connectivity index (χ1n) is 18.2. The van der Waals surface area contributed by atoms with Gasteiger partial charge in [-0.2, -0.15) is 13.2 Å². The number of pyridine rings is 1. The topological polar surface area (TPSA) is 91.6 Å². The van der Waals surface area contributed by atoms with Crippen molar-refractivity contribution < 1.29 is 41.0 Å². The van der Waals surface area contributed by atoms with Gasteiger partial charge in [0.25, 0.3) is 5.56 Å². The molecule has 2 atom stereocenters. The number of piperidine rings is 1. The number of hydrogen-bond acceptors (Lipinski definition) is 4. The smallest absolute Gasteiger partial charge is 0.416 e. The molecule has 1 amide bonds. The Hall–Kier alpha value is -4.57. The third-order valence-electron chi connectivity index (χ3n) is 10.3. The number of hydrogen-bond donors (Lipinski definition) is 2. The van der Waals surface area contributed by atoms with E-state index in [1.807, 2.05) is 0 Å². The maximum Gasteiger partial charge on any atom is 0.416 e. The van der Waals surface area contributed by atoms with Gasteiger partial charge in [-0.1, -0.05) is 19.8 Å². The number of aryl methyl sites for hydroxylation is 2. The molecule has 2 aromatic carbocycles. The average Bonchev–Trinajstić information content (AvgIpc) is 3.89. The van der Waals surface area contributed by atoms with Crippen LogP contribution in [0.15, 0.2) is 35.3 Å². The Balaban J connectivity index is 1.59. The number of nitrogens with one attached hydrogen (secondary N) is 1. The highest BCUT2D eigenvalue weighted by molar-refractivity contribution is 5.82. The largest absolute Gasteiger partial charge is 0.481 e. The molecule has 1 saturated carbocycles. The van der Waals surface area contributed by atoms with Gasteiger partial charge in [0, 0.05) is 29.9 Å². The molecule has 7 nitrogen and oxygen atoms in total. The number of carboxylic acids is 1. The van der Waals surface area contributed by atoms with E-state index in [0.717, 1.165) is 48.3 Å². The number of amides is 1. The normalized spacial score (nSPS) is 16.5. The van der Waals surface area contributed by atoms with E-state index in [1.165, 1.54) is 20.8 Å². The Bertz CT molecular complexity index is 2010. The minimum absolute atomic E-state index is 0.0678. The highest BCUT2D eigenvalue weighted by Crippen LogP contribution is 2.41. The van der Waals surface area contributed by atoms with Crippen LogP contribution >= 0.6 is 0 Å². The highest BCUT2D eigenvalue weighted by atomic mass is 19.4. The number of rotatable bonds is 12. The molecule has 2 fully saturated rings. The molecule has 1 aliphatic carbocycles. The second kappa shape index (κ2) is 16.4. The highest BCUT2D eigenvalue weighted by Gasteiger charge is 2.39. The van der Waals surface area contributed by atoms with Crippen LogP contribution in [0.25, 0.3) is 11.1 Å². The molecule has 1 aromatic heterocycles. The Labute approximate surface area is 310 Å². The van der Waals surface area contributed by atoms with Crippen LogP contribution in [0.3, 0.4) is 0 Å². The van der Waals surface area contributed by atoms with Crippen molar-refractivity contribution in [3.8, 4) is 23.0 Å². The molecule has 0 radical (unpaired) electrons. The second-order valence-electron chi connectivity index (χ2n) is 15.0. The number of carboxylic acid groups (broad SMARTS) is 1. The van der Waals surface area contributed by atoms with E-state index in [-0.39, 0.29) is 34.6 Å². The molecule has 3 aromatic rings. The van der Waals surface area contributed by atoms with Crippen LogP contribution in [-0.4, -0.2) is 46.1 Å². The van der Waals surface area contributed by atoms with Gasteiger partial charge in [0.1, 0.15) is 23.5 Å². The fraction of sp³-hybridized carbons (Fsp3) is 0.488. The van der Waals surface area contributed by atoms with Crippen molar-refractivity contribution in [2.75, 3.05) is 19.6 Å². The summed E-state index contributed by atoms with van der Waals surface area (Å²) in [4.78, 5) is 42.2. The van der Waals surface area contributed by atoms with Gasteiger partial charge in [-0.25, -0.2) is 13.2 Å². The molecule has 1 saturated heterocycles. The Morgan fingerprint density at radius 1 is 0.981 bits per heavy atom. The van der Waals surface area contributed by atoms with E-state index in [4.69, 9.17) is 0 Å². The van der Waals surface area contributed by atoms with Gasteiger partial charge in [0.15, 0.2) is 0 Å². The molecular weight excluding hydrogens is 712 g/mol. The monoisotopic (exact) mass is 757 g/mol. The molecule has 0 bridgehead atoms. The maximum absolute atomic E-state index is 16.7. The fourth-order valence-corrected chi connectivity index (χ4v) is 7.64. The molecule has 0 spiro atoms. The van der Waals surface area contributed by atoms with Crippen molar-refractivity contribution in [1.82, 2.24) is 14.8 Å². The summed E-state index contributed by atoms with van der Waals surface area (Å²) in [5, 5.41) is 12.3. The lowest BCUT2D eigenvalue weighted by Gasteiger charge is -2.34. The number of halogens is 6. The predicted octanol–water partition coefficient (Wildman–Crippen LogP) is 8.45. The number of likely N-dealkylation sites (tertiary alicyclic amines) is 1. The lowest BCUT2D eigenvalue weighted by Crippen LogP contribution is -2.41. The van der Waals surface area contributed by atoms with E-state index in [1.54, 1.807) is 13.8 Å². The van der Waals surface area contributed by atoms with E-state index >= 15 is 8.78 Å². The van der Waals surface area contributed by atoms with Crippen LogP contribution in [0.2, 0.25) is 0 Å². The van der Waals surface area contributed by atoms with Crippen molar-refractivity contribution in [2.45, 2.75) is 97.3 Å². The van der Waals surface area contributed by atoms with Gasteiger partial charge >= 0.3 is 12.1 Å². The fourth-order valence-electron chi connectivity index (χ4n) is 7.64. The van der Waals surface area contributed by atoms with Crippen molar-refractivity contribution in [3.63, 3.8) is 0 Å². The summed E-state index contributed by atoms with van der Waals surface area (Å²) in [5.41, 5.74) is -2.78. The van der Waals surface area contributed by atoms with E-state index in [2.05, 4.69) is 22.1 Å². The van der Waals surface area contributed by atoms with Gasteiger partial charge < -0.3 is 19.9 Å². The summed E-state index contributed by atoms with van der Waals surface area (Å²) < 4.78 is 91.3. The minimum Gasteiger partial charge on any atom is -0.481 e. The molecule has 2 N–H and O–H groups in total. The Morgan fingerprint density at radius 3 is 2.15 bits per heavy atom. The van der Waals surface area contributed by atoms with Crippen LogP contribution in [-0.2, 0) is 15.8 Å². The SMILES string of the molecule is CC#Cc1cc(-c2c(C)cc(F)cc2C)c(F)c([C@@H](CC(=O)O)NC(=O)[C@H](CC(C)C)n2cc(C3CCN(CC4CC4)CC3)c(C(F)(F)F)cc2=O)c1F. The van der Waals surface area contributed by atoms with E-state index in [9.17, 15) is 37.1 Å². The van der Waals surface area contributed by atoms with Crippen LogP contribution in [0.4, 0.5) is 26.3 Å². The minimum atomic E-state index is -4.85. The second-order valence-corrected chi connectivity index (χ2v) is 15.0. The molecule has 290 valence electrons. The number of nitrogens with zero attached hydrogens (tertiary/aromatic N) is 2. The van der Waals surface area contributed by atoms with Gasteiger partial charge in [-0.3, -0.25) is 14.4 Å². The number of aromatic nitrogens is 1. The zero-order chi connectivity index (χ0) is 39.6. The summed E-state index contributed by atoms with van der Waals surface area (Å²) in [6.45, 7) is 9.99. The quantitative estimate of drug-likeness (QED) is 0.143. The maximum atomic E-state index is 16.7. The number of aliphatic carboxylic acids is 1. The summed E-state index contributed by atoms with van der Waals surface area (Å²) >= 11 is 0. The summed E-state index contributed by atoms with van der Waals surface area (Å²) in [5.74, 6) is -0.693. The number of alkyl halides is 3. The summed E-state index contributed by atoms with van der Waals surface area (Å²) in [6, 6.07) is 0.651. The van der Waals surface area contributed by atoms with Crippen molar-refractivity contribution in [3.05, 3.63) is 91.6 Å². The molecule has 5 rings (SSSR count). The zero-order valence-electron chi connectivity index (χ0n) is 31.0. The molecule has 2 aliphatic rings. The third kappa shape index (κ3) is 9.20. The molecule has 1 aliphatic heterocycles. The average molecular weight is 758 g/mol. The number of carbonyl (C=O) groups excluding carboxylic acids is 1. The Kier molecular flexibility index (Phi) is 12.4. The van der Waals surface area contributed by atoms with Crippen LogP contribution < -0.4 is 10.9 Å². The Morgan fingerprint density at radius 2 is 1.61 bits per heavy atom. The summed E-state index contributed by atoms with van der Waals surface area (Å²) in [7, 11) is 0. The first-order chi connectivity index (χ1) is 25.4. The van der Waals surface area contributed by atoms with Crippen molar-refractivity contribution >= 4 is 11.9 Å². The lowest BCUT2D eigenvalue weighted by molar-refractivity contribution is -0.139. The standard InChI is InChI=1S/C41H45F6N3O4/c1-6-7-27-17-29(36-23(4)15-28(42)16-24(36)5)39(44)37(38(27)43)32(19-35(52)53)48-40(54)33(14-22(2)3)50-21-30(31(18-34(50)51)41(45,46)47)26-10-12-49(13-11-26)20-25-8-9-25/h15-18,21-22,25-26,32-33H,8-14,19-20H2,1-5H3,(H,48,54)(H,52,53)/t32-,33+/m1/s1. The number of carbonyl (C=O) groups is 2. The lowest BCUT2D eigenvalue weighted by atomic mass is 9.87. The summed E-state index contributed by atoms with van der Waals surface area (Å²) in [6.07, 6.45) is -1.71. The first kappa shape index (κ1) is 40.6. The first-order valence-corrected chi connectivity index (χ1v) is 18.2. The van der Waals surface area contributed by atoms with Gasteiger partial charge in [-0.15, -0.1) is 5.92 Å². The van der Waals surface area contributed by atoms with Gasteiger partial charge in [0.2, 0.25) is 5.91 Å². The third-order valence-corrected chi connectivity index (χ3v) is 10.3. The molecule has 2 heterocycles. The van der Waals surface area contributed by atoms with E-state index < -0.39 is 76.6 Å². The van der Waals surface area contributed by atoms with Crippen molar-refractivity contribution in [1.29, 1.82) is 0 Å². The van der Waals surface area contributed by atoms with Crippen LogP contribution in [0.1, 0.15) is 111 Å². The van der Waals surface area contributed by atoms with Crippen molar-refractivity contribution in [2.24, 2.45) is 11.8 Å². The zero-order valence-corrected chi connectivity index (χ0v) is 31.0. The molecule has 0 unspecified atom stereocenters. The van der Waals surface area contributed by atoms with Crippen LogP contribution in [0.5, 0.6) is 0 Å². The predicted molar refractivity (Wildman–Crippen MR) is 192 cm³/mol. The molecule has 13 heteroatoms.